The van der Waals surface area contributed by atoms with Crippen molar-refractivity contribution in [3.8, 4) is 5.75 Å². The van der Waals surface area contributed by atoms with Crippen LogP contribution in [0.3, 0.4) is 0 Å². The Morgan fingerprint density at radius 1 is 0.966 bits per heavy atom. The first-order valence-corrected chi connectivity index (χ1v) is 9.58. The first kappa shape index (κ1) is 20.4. The summed E-state index contributed by atoms with van der Waals surface area (Å²) >= 11 is 0. The maximum atomic E-state index is 12.6. The highest BCUT2D eigenvalue weighted by molar-refractivity contribution is 6.04. The van der Waals surface area contributed by atoms with Crippen LogP contribution in [0.15, 0.2) is 48.5 Å². The zero-order valence-electron chi connectivity index (χ0n) is 16.3. The van der Waals surface area contributed by atoms with Crippen LogP contribution in [0.25, 0.3) is 0 Å². The molecular weight excluding hydrogens is 372 g/mol. The Balaban J connectivity index is 1.59. The number of hydrogen-bond acceptors (Lipinski definition) is 5. The van der Waals surface area contributed by atoms with Gasteiger partial charge in [-0.15, -0.1) is 0 Å². The maximum Gasteiger partial charge on any atom is 0.342 e. The van der Waals surface area contributed by atoms with Crippen molar-refractivity contribution in [3.05, 3.63) is 59.7 Å². The van der Waals surface area contributed by atoms with E-state index in [1.54, 1.807) is 48.5 Å². The van der Waals surface area contributed by atoms with Crippen molar-refractivity contribution >= 4 is 23.5 Å². The Hall–Kier alpha value is -3.35. The third-order valence-corrected chi connectivity index (χ3v) is 4.80. The monoisotopic (exact) mass is 396 g/mol. The minimum Gasteiger partial charge on any atom is -0.496 e. The van der Waals surface area contributed by atoms with Crippen molar-refractivity contribution in [2.45, 2.75) is 31.7 Å². The molecule has 0 bridgehead atoms. The average Bonchev–Trinajstić information content (AvgIpc) is 3.25. The summed E-state index contributed by atoms with van der Waals surface area (Å²) in [4.78, 5) is 37.0. The third kappa shape index (κ3) is 5.34. The molecule has 1 aliphatic rings. The number of nitrogens with one attached hydrogen (secondary N) is 2. The third-order valence-electron chi connectivity index (χ3n) is 4.80. The Morgan fingerprint density at radius 2 is 1.62 bits per heavy atom. The number of hydrogen-bond donors (Lipinski definition) is 2. The van der Waals surface area contributed by atoms with Gasteiger partial charge in [-0.1, -0.05) is 37.1 Å². The molecule has 2 amide bonds. The fourth-order valence-electron chi connectivity index (χ4n) is 3.33. The first-order valence-electron chi connectivity index (χ1n) is 9.58. The van der Waals surface area contributed by atoms with Gasteiger partial charge in [0.25, 0.3) is 11.8 Å². The van der Waals surface area contributed by atoms with Gasteiger partial charge in [-0.2, -0.15) is 0 Å². The lowest BCUT2D eigenvalue weighted by Crippen LogP contribution is -2.33. The first-order chi connectivity index (χ1) is 14.1. The predicted octanol–water partition coefficient (Wildman–Crippen LogP) is 3.16. The lowest BCUT2D eigenvalue weighted by Gasteiger charge is -2.15. The summed E-state index contributed by atoms with van der Waals surface area (Å²) in [6.45, 7) is -0.477. The molecule has 7 heteroatoms. The van der Waals surface area contributed by atoms with Crippen LogP contribution < -0.4 is 15.4 Å². The van der Waals surface area contributed by atoms with Crippen molar-refractivity contribution in [1.29, 1.82) is 0 Å². The van der Waals surface area contributed by atoms with E-state index in [4.69, 9.17) is 9.47 Å². The molecule has 1 fully saturated rings. The number of para-hydroxylation sites is 2. The zero-order chi connectivity index (χ0) is 20.6. The molecule has 3 rings (SSSR count). The summed E-state index contributed by atoms with van der Waals surface area (Å²) in [6.07, 6.45) is 4.17. The molecule has 1 saturated carbocycles. The summed E-state index contributed by atoms with van der Waals surface area (Å²) < 4.78 is 10.2. The summed E-state index contributed by atoms with van der Waals surface area (Å²) in [7, 11) is 1.45. The van der Waals surface area contributed by atoms with E-state index in [-0.39, 0.29) is 17.5 Å². The van der Waals surface area contributed by atoms with Crippen LogP contribution >= 0.6 is 0 Å². The Kier molecular flexibility index (Phi) is 6.84. The SMILES string of the molecule is COc1ccccc1C(=O)OCC(=O)Nc1ccccc1C(=O)NC1CCCC1. The largest absolute Gasteiger partial charge is 0.496 e. The molecule has 1 aliphatic carbocycles. The van der Waals surface area contributed by atoms with E-state index in [2.05, 4.69) is 10.6 Å². The van der Waals surface area contributed by atoms with Gasteiger partial charge in [-0.3, -0.25) is 9.59 Å². The number of methoxy groups -OCH3 is 1. The quantitative estimate of drug-likeness (QED) is 0.701. The van der Waals surface area contributed by atoms with E-state index in [0.717, 1.165) is 25.7 Å². The van der Waals surface area contributed by atoms with Crippen LogP contribution in [0.1, 0.15) is 46.4 Å². The molecule has 29 heavy (non-hydrogen) atoms. The predicted molar refractivity (Wildman–Crippen MR) is 108 cm³/mol. The summed E-state index contributed by atoms with van der Waals surface area (Å²) in [5.74, 6) is -1.05. The molecule has 0 aliphatic heterocycles. The minimum absolute atomic E-state index is 0.174. The van der Waals surface area contributed by atoms with Crippen molar-refractivity contribution in [2.24, 2.45) is 0 Å². The highest BCUT2D eigenvalue weighted by Gasteiger charge is 2.20. The van der Waals surface area contributed by atoms with Gasteiger partial charge in [-0.05, 0) is 37.1 Å². The van der Waals surface area contributed by atoms with E-state index < -0.39 is 18.5 Å². The van der Waals surface area contributed by atoms with Gasteiger partial charge >= 0.3 is 5.97 Å². The number of amides is 2. The summed E-state index contributed by atoms with van der Waals surface area (Å²) in [6, 6.07) is 13.5. The molecule has 0 spiro atoms. The van der Waals surface area contributed by atoms with E-state index in [0.29, 0.717) is 17.0 Å². The highest BCUT2D eigenvalue weighted by atomic mass is 16.5. The summed E-state index contributed by atoms with van der Waals surface area (Å²) in [5.41, 5.74) is 0.990. The van der Waals surface area contributed by atoms with Gasteiger partial charge in [0, 0.05) is 6.04 Å². The molecule has 0 radical (unpaired) electrons. The van der Waals surface area contributed by atoms with Crippen molar-refractivity contribution in [2.75, 3.05) is 19.0 Å². The fourth-order valence-corrected chi connectivity index (χ4v) is 3.33. The molecular formula is C22H24N2O5. The van der Waals surface area contributed by atoms with E-state index in [1.165, 1.54) is 7.11 Å². The number of rotatable bonds is 7. The molecule has 0 unspecified atom stereocenters. The topological polar surface area (TPSA) is 93.7 Å². The van der Waals surface area contributed by atoms with E-state index in [1.807, 2.05) is 0 Å². The van der Waals surface area contributed by atoms with Crippen LogP contribution in [-0.2, 0) is 9.53 Å². The van der Waals surface area contributed by atoms with Crippen LogP contribution in [-0.4, -0.2) is 37.5 Å². The van der Waals surface area contributed by atoms with Crippen molar-refractivity contribution in [1.82, 2.24) is 5.32 Å². The second-order valence-corrected chi connectivity index (χ2v) is 6.83. The fraction of sp³-hybridized carbons (Fsp3) is 0.318. The molecule has 2 aromatic carbocycles. The Morgan fingerprint density at radius 3 is 2.34 bits per heavy atom. The Labute approximate surface area is 169 Å². The molecule has 0 heterocycles. The number of carbonyl (C=O) groups excluding carboxylic acids is 3. The number of carbonyl (C=O) groups is 3. The number of ether oxygens (including phenoxy) is 2. The molecule has 152 valence electrons. The molecule has 0 atom stereocenters. The van der Waals surface area contributed by atoms with Crippen molar-refractivity contribution < 1.29 is 23.9 Å². The van der Waals surface area contributed by atoms with E-state index >= 15 is 0 Å². The second kappa shape index (κ2) is 9.73. The van der Waals surface area contributed by atoms with Gasteiger partial charge in [-0.25, -0.2) is 4.79 Å². The van der Waals surface area contributed by atoms with Gasteiger partial charge in [0.15, 0.2) is 6.61 Å². The highest BCUT2D eigenvalue weighted by Crippen LogP contribution is 2.21. The van der Waals surface area contributed by atoms with Gasteiger partial charge < -0.3 is 20.1 Å². The zero-order valence-corrected chi connectivity index (χ0v) is 16.3. The lowest BCUT2D eigenvalue weighted by atomic mass is 10.1. The maximum absolute atomic E-state index is 12.6. The smallest absolute Gasteiger partial charge is 0.342 e. The second-order valence-electron chi connectivity index (χ2n) is 6.83. The van der Waals surface area contributed by atoms with Gasteiger partial charge in [0.1, 0.15) is 11.3 Å². The standard InChI is InChI=1S/C22H24N2O5/c1-28-19-13-7-5-11-17(19)22(27)29-14-20(25)24-18-12-6-4-10-16(18)21(26)23-15-8-2-3-9-15/h4-7,10-13,15H,2-3,8-9,14H2,1H3,(H,23,26)(H,24,25). The molecule has 2 aromatic rings. The molecule has 0 aromatic heterocycles. The minimum atomic E-state index is -0.662. The average molecular weight is 396 g/mol. The van der Waals surface area contributed by atoms with Gasteiger partial charge in [0.2, 0.25) is 0 Å². The van der Waals surface area contributed by atoms with Crippen LogP contribution in [0.4, 0.5) is 5.69 Å². The molecule has 0 saturated heterocycles. The van der Waals surface area contributed by atoms with Crippen LogP contribution in [0, 0.1) is 0 Å². The number of anilines is 1. The van der Waals surface area contributed by atoms with Gasteiger partial charge in [0.05, 0.1) is 18.4 Å². The van der Waals surface area contributed by atoms with Crippen molar-refractivity contribution in [3.63, 3.8) is 0 Å². The molecule has 2 N–H and O–H groups in total. The normalized spacial score (nSPS) is 13.6. The number of benzene rings is 2. The molecule has 7 nitrogen and oxygen atoms in total. The van der Waals surface area contributed by atoms with Crippen LogP contribution in [0.5, 0.6) is 5.75 Å². The van der Waals surface area contributed by atoms with E-state index in [9.17, 15) is 14.4 Å². The Bertz CT molecular complexity index is 890. The van der Waals surface area contributed by atoms with Crippen LogP contribution in [0.2, 0.25) is 0 Å². The summed E-state index contributed by atoms with van der Waals surface area (Å²) in [5, 5.41) is 5.65. The lowest BCUT2D eigenvalue weighted by molar-refractivity contribution is -0.119. The number of esters is 1.